The molecule has 19 heteroatoms. The van der Waals surface area contributed by atoms with Crippen LogP contribution >= 0.6 is 11.6 Å². The van der Waals surface area contributed by atoms with Crippen LogP contribution in [-0.2, 0) is 97.5 Å². The van der Waals surface area contributed by atoms with Gasteiger partial charge in [-0.2, -0.15) is 15.0 Å². The molecular formula is C83H123ClN8O10. The zero-order valence-corrected chi connectivity index (χ0v) is 67.1. The molecular weight excluding hydrogens is 1300 g/mol. The number of aliphatic hydroxyl groups excluding tert-OH is 1. The van der Waals surface area contributed by atoms with Gasteiger partial charge in [0, 0.05) is 114 Å². The number of halogens is 1. The largest absolute Gasteiger partial charge is 0.515 e. The zero-order valence-electron chi connectivity index (χ0n) is 66.3. The summed E-state index contributed by atoms with van der Waals surface area (Å²) in [7, 11) is 0. The van der Waals surface area contributed by atoms with E-state index in [1.54, 1.807) is 0 Å². The van der Waals surface area contributed by atoms with Crippen LogP contribution in [0.3, 0.4) is 0 Å². The molecule has 0 aromatic carbocycles. The van der Waals surface area contributed by atoms with Gasteiger partial charge in [0.15, 0.2) is 17.4 Å². The Labute approximate surface area is 614 Å². The molecule has 0 radical (unpaired) electrons. The molecule has 562 valence electrons. The van der Waals surface area contributed by atoms with Crippen LogP contribution in [-0.4, -0.2) is 114 Å². The number of ether oxygens (including phenoxy) is 7. The molecule has 2 aliphatic heterocycles. The number of Topliss-reactive ketones (excluding diaryl/α,β-unsaturated/α-hetero) is 2. The van der Waals surface area contributed by atoms with Gasteiger partial charge in [0.2, 0.25) is 17.6 Å². The summed E-state index contributed by atoms with van der Waals surface area (Å²) in [5.74, 6) is 7.58. The highest BCUT2D eigenvalue weighted by molar-refractivity contribution is 6.30. The number of allylic oxidation sites excluding steroid dienone is 1. The van der Waals surface area contributed by atoms with Crippen molar-refractivity contribution in [3.05, 3.63) is 85.3 Å². The second-order valence-electron chi connectivity index (χ2n) is 36.6. The van der Waals surface area contributed by atoms with Gasteiger partial charge < -0.3 is 38.3 Å². The summed E-state index contributed by atoms with van der Waals surface area (Å²) in [5, 5.41) is 10.3. The summed E-state index contributed by atoms with van der Waals surface area (Å²) in [6.07, 6.45) is 14.7. The molecule has 8 aliphatic carbocycles. The highest BCUT2D eigenvalue weighted by Gasteiger charge is 2.61. The SMILES string of the molecule is CCOc1nc(C(C)(C)C)nc2c1CC[C@H]1[C@H](C)C(=O)/C(=C\O)C[C@]21C.CCOc1nc(C(C)(C)C)nc2c1CC[C@H]1[C@H](C)C(=O)CC[C@]21C.CCOc1nc(C(C)(C)C)nc2c1CC[C@H]1[C@H](C)C3(CC[C@]21C)OCCO3.C[C@H]1[C@@H]2CCc3c(Cl)nc(C(C)(C)C)nc3[C@@]2(C)CCC12OCCO2. The lowest BCUT2D eigenvalue weighted by molar-refractivity contribution is -0.235. The van der Waals surface area contributed by atoms with Gasteiger partial charge in [-0.15, -0.1) is 0 Å². The average molecular weight is 1430 g/mol. The third kappa shape index (κ3) is 13.9. The minimum atomic E-state index is -0.385. The fourth-order valence-electron chi connectivity index (χ4n) is 19.8. The Hall–Kier alpha value is -5.27. The summed E-state index contributed by atoms with van der Waals surface area (Å²) in [4.78, 5) is 64.0. The molecule has 4 aromatic rings. The monoisotopic (exact) mass is 1430 g/mol. The van der Waals surface area contributed by atoms with Crippen LogP contribution in [0, 0.1) is 47.3 Å². The lowest BCUT2D eigenvalue weighted by Crippen LogP contribution is -2.55. The van der Waals surface area contributed by atoms with Crippen molar-refractivity contribution in [1.82, 2.24) is 39.9 Å². The number of nitrogens with zero attached hydrogens (tertiary/aromatic N) is 8. The molecule has 14 rings (SSSR count). The molecule has 2 spiro atoms. The first kappa shape index (κ1) is 77.8. The van der Waals surface area contributed by atoms with Gasteiger partial charge in [-0.05, 0) is 121 Å². The van der Waals surface area contributed by atoms with Crippen molar-refractivity contribution in [1.29, 1.82) is 0 Å². The van der Waals surface area contributed by atoms with Gasteiger partial charge in [-0.1, -0.05) is 150 Å². The first-order chi connectivity index (χ1) is 47.7. The fourth-order valence-corrected chi connectivity index (χ4v) is 20.1. The van der Waals surface area contributed by atoms with Gasteiger partial charge in [-0.3, -0.25) is 9.59 Å². The van der Waals surface area contributed by atoms with Crippen molar-refractivity contribution in [3.8, 4) is 17.6 Å². The highest BCUT2D eigenvalue weighted by atomic mass is 35.5. The second kappa shape index (κ2) is 28.5. The lowest BCUT2D eigenvalue weighted by atomic mass is 9.55. The van der Waals surface area contributed by atoms with E-state index in [4.69, 9.17) is 79.6 Å². The molecule has 10 aliphatic rings. The van der Waals surface area contributed by atoms with Gasteiger partial charge in [0.25, 0.3) is 0 Å². The van der Waals surface area contributed by atoms with Gasteiger partial charge in [-0.25, -0.2) is 24.9 Å². The number of rotatable bonds is 6. The van der Waals surface area contributed by atoms with E-state index in [0.717, 1.165) is 161 Å². The van der Waals surface area contributed by atoms with Crippen molar-refractivity contribution in [2.75, 3.05) is 46.2 Å². The van der Waals surface area contributed by atoms with Crippen LogP contribution in [0.2, 0.25) is 5.15 Å². The Bertz CT molecular complexity index is 3820. The van der Waals surface area contributed by atoms with Gasteiger partial charge in [0.05, 0.1) is 75.3 Å². The van der Waals surface area contributed by atoms with Crippen molar-refractivity contribution in [2.45, 2.75) is 310 Å². The topological polar surface area (TPSA) is 222 Å². The predicted octanol–water partition coefficient (Wildman–Crippen LogP) is 16.6. The van der Waals surface area contributed by atoms with Crippen LogP contribution in [0.1, 0.15) is 298 Å². The minimum Gasteiger partial charge on any atom is -0.515 e. The Balaban J connectivity index is 0.000000137. The Kier molecular flexibility index (Phi) is 21.7. The van der Waals surface area contributed by atoms with Crippen LogP contribution in [0.15, 0.2) is 11.8 Å². The van der Waals surface area contributed by atoms with E-state index < -0.39 is 0 Å². The average Bonchev–Trinajstić information content (AvgIpc) is 1.07. The Morgan fingerprint density at radius 1 is 0.441 bits per heavy atom. The van der Waals surface area contributed by atoms with E-state index in [9.17, 15) is 14.7 Å². The van der Waals surface area contributed by atoms with E-state index >= 15 is 0 Å². The Morgan fingerprint density at radius 3 is 1.13 bits per heavy atom. The summed E-state index contributed by atoms with van der Waals surface area (Å²) < 4.78 is 42.2. The maximum Gasteiger partial charge on any atom is 0.220 e. The van der Waals surface area contributed by atoms with Crippen molar-refractivity contribution in [3.63, 3.8) is 0 Å². The van der Waals surface area contributed by atoms with Crippen LogP contribution in [0.4, 0.5) is 0 Å². The fraction of sp³-hybridized carbons (Fsp3) is 0.759. The first-order valence-electron chi connectivity index (χ1n) is 38.9. The summed E-state index contributed by atoms with van der Waals surface area (Å²) in [6, 6.07) is 0. The summed E-state index contributed by atoms with van der Waals surface area (Å²) in [6.45, 7) is 54.2. The van der Waals surface area contributed by atoms with E-state index in [-0.39, 0.29) is 78.4 Å². The molecule has 4 saturated carbocycles. The van der Waals surface area contributed by atoms with E-state index in [2.05, 4.69) is 137 Å². The number of aromatic nitrogens is 8. The molecule has 0 bridgehead atoms. The van der Waals surface area contributed by atoms with Gasteiger partial charge in [0.1, 0.15) is 34.2 Å². The molecule has 6 fully saturated rings. The number of fused-ring (bicyclic) bond motifs is 12. The second-order valence-corrected chi connectivity index (χ2v) is 36.9. The van der Waals surface area contributed by atoms with Crippen molar-refractivity contribution < 1.29 is 47.9 Å². The van der Waals surface area contributed by atoms with Crippen LogP contribution < -0.4 is 14.2 Å². The van der Waals surface area contributed by atoms with E-state index in [0.29, 0.717) is 97.9 Å². The summed E-state index contributed by atoms with van der Waals surface area (Å²) >= 11 is 6.60. The number of aliphatic hydroxyl groups is 1. The molecule has 6 heterocycles. The third-order valence-electron chi connectivity index (χ3n) is 25.8. The summed E-state index contributed by atoms with van der Waals surface area (Å²) in [5.41, 5.74) is 8.78. The molecule has 0 amide bonds. The highest BCUT2D eigenvalue weighted by Crippen LogP contribution is 2.61. The molecule has 12 atom stereocenters. The predicted molar refractivity (Wildman–Crippen MR) is 397 cm³/mol. The number of ketones is 2. The van der Waals surface area contributed by atoms with Gasteiger partial charge >= 0.3 is 0 Å². The van der Waals surface area contributed by atoms with E-state index in [1.165, 1.54) is 22.5 Å². The molecule has 18 nitrogen and oxygen atoms in total. The molecule has 1 N–H and O–H groups in total. The third-order valence-corrected chi connectivity index (χ3v) is 26.1. The number of hydrogen-bond acceptors (Lipinski definition) is 18. The standard InChI is InChI=1S/C22H34N2O3.C21H30N2O3.C20H29ClN2O2.C20H30N2O2/c1-7-25-18-15-8-9-16-14(2)22(26-12-13-27-22)11-10-21(16,6)17(15)23-19(24-18)20(3,4)5;1-7-26-18-14-8-9-15-12(2)16(25)13(11-24)10-21(15,6)17(14)22-19(23-18)20(3,4)5;1-12-14-7-6-13-15(22-17(18(2,3)4)23-16(13)21)19(14,5)8-9-20(12)24-10-11-25-20;1-7-24-17-13-8-9-14-12(2)15(23)10-11-20(14,6)16(13)21-18(22-17)19(3,4)5/h14,16H,7-13H2,1-6H3;11-12,15,24H,7-10H2,1-6H3;12,14H,6-11H2,1-5H3;12,14H,7-11H2,1-6H3/b;13-11-;;/t14-,16-,21-;12-,15-,21-;12-,14-,19-;12-,14-,20-/m0000/s1. The maximum atomic E-state index is 12.6. The number of hydrogen-bond donors (Lipinski definition) is 1. The molecule has 2 saturated heterocycles. The van der Waals surface area contributed by atoms with Crippen LogP contribution in [0.25, 0.3) is 0 Å². The lowest BCUT2D eigenvalue weighted by Gasteiger charge is -2.54. The van der Waals surface area contributed by atoms with E-state index in [1.807, 2.05) is 27.7 Å². The normalized spacial score (nSPS) is 31.5. The first-order valence-corrected chi connectivity index (χ1v) is 39.2. The molecule has 4 aromatic heterocycles. The smallest absolute Gasteiger partial charge is 0.220 e. The molecule has 102 heavy (non-hydrogen) atoms. The van der Waals surface area contributed by atoms with Crippen molar-refractivity contribution in [2.24, 2.45) is 47.3 Å². The van der Waals surface area contributed by atoms with Crippen molar-refractivity contribution >= 4 is 23.2 Å². The Morgan fingerprint density at radius 2 is 0.765 bits per heavy atom. The zero-order chi connectivity index (χ0) is 74.5. The maximum absolute atomic E-state index is 12.6. The van der Waals surface area contributed by atoms with Crippen LogP contribution in [0.5, 0.6) is 17.6 Å². The quantitative estimate of drug-likeness (QED) is 0.108. The number of carbonyl (C=O) groups excluding carboxylic acids is 2. The minimum absolute atomic E-state index is 0.0140. The number of carbonyl (C=O) groups is 2. The molecule has 0 unspecified atom stereocenters.